The SMILES string of the molecule is Cc1cccc(-c2nc(C)cc(N3CCN(C(=O)CC(C)(C)C)CC3)n2)c1. The van der Waals surface area contributed by atoms with Gasteiger partial charge in [-0.2, -0.15) is 0 Å². The molecular formula is C22H30N4O. The van der Waals surface area contributed by atoms with E-state index in [1.807, 2.05) is 24.0 Å². The van der Waals surface area contributed by atoms with Crippen LogP contribution in [0.3, 0.4) is 0 Å². The lowest BCUT2D eigenvalue weighted by molar-refractivity contribution is -0.133. The van der Waals surface area contributed by atoms with Gasteiger partial charge < -0.3 is 9.80 Å². The van der Waals surface area contributed by atoms with Crippen molar-refractivity contribution in [1.29, 1.82) is 0 Å². The molecule has 144 valence electrons. The van der Waals surface area contributed by atoms with E-state index >= 15 is 0 Å². The van der Waals surface area contributed by atoms with Crippen LogP contribution in [0.25, 0.3) is 11.4 Å². The topological polar surface area (TPSA) is 49.3 Å². The molecule has 1 fully saturated rings. The summed E-state index contributed by atoms with van der Waals surface area (Å²) in [4.78, 5) is 26.1. The average molecular weight is 367 g/mol. The summed E-state index contributed by atoms with van der Waals surface area (Å²) in [6.45, 7) is 13.5. The van der Waals surface area contributed by atoms with E-state index in [9.17, 15) is 4.79 Å². The van der Waals surface area contributed by atoms with E-state index in [1.54, 1.807) is 0 Å². The lowest BCUT2D eigenvalue weighted by Gasteiger charge is -2.36. The molecular weight excluding hydrogens is 336 g/mol. The molecule has 2 heterocycles. The summed E-state index contributed by atoms with van der Waals surface area (Å²) < 4.78 is 0. The maximum atomic E-state index is 12.5. The van der Waals surface area contributed by atoms with Crippen molar-refractivity contribution in [2.24, 2.45) is 5.41 Å². The Morgan fingerprint density at radius 3 is 2.37 bits per heavy atom. The minimum atomic E-state index is 0.0285. The van der Waals surface area contributed by atoms with E-state index < -0.39 is 0 Å². The average Bonchev–Trinajstić information content (AvgIpc) is 2.60. The fraction of sp³-hybridized carbons (Fsp3) is 0.500. The summed E-state index contributed by atoms with van der Waals surface area (Å²) in [5.74, 6) is 1.96. The second kappa shape index (κ2) is 7.67. The Balaban J connectivity index is 1.72. The first-order valence-corrected chi connectivity index (χ1v) is 9.67. The maximum Gasteiger partial charge on any atom is 0.223 e. The van der Waals surface area contributed by atoms with Crippen LogP contribution >= 0.6 is 0 Å². The van der Waals surface area contributed by atoms with Crippen molar-refractivity contribution < 1.29 is 4.79 Å². The van der Waals surface area contributed by atoms with E-state index in [1.165, 1.54) is 5.56 Å². The van der Waals surface area contributed by atoms with Gasteiger partial charge >= 0.3 is 0 Å². The highest BCUT2D eigenvalue weighted by Gasteiger charge is 2.25. The second-order valence-electron chi connectivity index (χ2n) is 8.67. The molecule has 5 heteroatoms. The number of hydrogen-bond acceptors (Lipinski definition) is 4. The highest BCUT2D eigenvalue weighted by atomic mass is 16.2. The Kier molecular flexibility index (Phi) is 5.49. The third kappa shape index (κ3) is 5.06. The number of amides is 1. The summed E-state index contributed by atoms with van der Waals surface area (Å²) in [6, 6.07) is 10.3. The molecule has 0 aliphatic carbocycles. The zero-order valence-corrected chi connectivity index (χ0v) is 17.1. The van der Waals surface area contributed by atoms with Crippen molar-refractivity contribution >= 4 is 11.7 Å². The van der Waals surface area contributed by atoms with Crippen LogP contribution in [-0.4, -0.2) is 47.0 Å². The number of rotatable bonds is 3. The molecule has 0 bridgehead atoms. The van der Waals surface area contributed by atoms with E-state index in [4.69, 9.17) is 4.98 Å². The lowest BCUT2D eigenvalue weighted by Crippen LogP contribution is -2.49. The molecule has 5 nitrogen and oxygen atoms in total. The van der Waals surface area contributed by atoms with Crippen molar-refractivity contribution in [2.45, 2.75) is 41.0 Å². The Morgan fingerprint density at radius 1 is 1.04 bits per heavy atom. The van der Waals surface area contributed by atoms with Crippen molar-refractivity contribution in [3.05, 3.63) is 41.6 Å². The molecule has 1 aliphatic rings. The minimum absolute atomic E-state index is 0.0285. The molecule has 2 aromatic rings. The van der Waals surface area contributed by atoms with Gasteiger partial charge in [0.05, 0.1) is 0 Å². The number of hydrogen-bond donors (Lipinski definition) is 0. The summed E-state index contributed by atoms with van der Waals surface area (Å²) >= 11 is 0. The number of anilines is 1. The number of nitrogens with zero attached hydrogens (tertiary/aromatic N) is 4. The van der Waals surface area contributed by atoms with Crippen LogP contribution in [0.4, 0.5) is 5.82 Å². The molecule has 0 radical (unpaired) electrons. The Hall–Kier alpha value is -2.43. The molecule has 1 amide bonds. The van der Waals surface area contributed by atoms with Crippen molar-refractivity contribution in [3.63, 3.8) is 0 Å². The van der Waals surface area contributed by atoms with Crippen LogP contribution in [0.15, 0.2) is 30.3 Å². The number of benzene rings is 1. The van der Waals surface area contributed by atoms with Gasteiger partial charge in [-0.25, -0.2) is 9.97 Å². The third-order valence-corrected chi connectivity index (χ3v) is 4.75. The van der Waals surface area contributed by atoms with Gasteiger partial charge in [0.2, 0.25) is 5.91 Å². The predicted molar refractivity (Wildman–Crippen MR) is 110 cm³/mol. The summed E-state index contributed by atoms with van der Waals surface area (Å²) in [5, 5.41) is 0. The number of carbonyl (C=O) groups excluding carboxylic acids is 1. The Morgan fingerprint density at radius 2 is 1.74 bits per heavy atom. The molecule has 0 spiro atoms. The predicted octanol–water partition coefficient (Wildman–Crippen LogP) is 3.85. The van der Waals surface area contributed by atoms with Gasteiger partial charge in [-0.3, -0.25) is 4.79 Å². The summed E-state index contributed by atoms with van der Waals surface area (Å²) in [7, 11) is 0. The van der Waals surface area contributed by atoms with E-state index in [0.717, 1.165) is 49.1 Å². The van der Waals surface area contributed by atoms with E-state index in [0.29, 0.717) is 6.42 Å². The van der Waals surface area contributed by atoms with Crippen molar-refractivity contribution in [1.82, 2.24) is 14.9 Å². The quantitative estimate of drug-likeness (QED) is 0.828. The molecule has 3 rings (SSSR count). The first-order chi connectivity index (χ1) is 12.7. The maximum absolute atomic E-state index is 12.5. The largest absolute Gasteiger partial charge is 0.353 e. The van der Waals surface area contributed by atoms with Gasteiger partial charge in [-0.05, 0) is 25.3 Å². The monoisotopic (exact) mass is 366 g/mol. The Bertz CT molecular complexity index is 817. The molecule has 0 unspecified atom stereocenters. The lowest BCUT2D eigenvalue weighted by atomic mass is 9.91. The van der Waals surface area contributed by atoms with Crippen LogP contribution in [0, 0.1) is 19.3 Å². The molecule has 1 aromatic carbocycles. The highest BCUT2D eigenvalue weighted by molar-refractivity contribution is 5.77. The smallest absolute Gasteiger partial charge is 0.223 e. The normalized spacial score (nSPS) is 15.1. The van der Waals surface area contributed by atoms with Gasteiger partial charge in [-0.1, -0.05) is 44.5 Å². The van der Waals surface area contributed by atoms with Crippen LogP contribution < -0.4 is 4.90 Å². The van der Waals surface area contributed by atoms with Gasteiger partial charge in [0, 0.05) is 49.9 Å². The third-order valence-electron chi connectivity index (χ3n) is 4.75. The molecule has 0 saturated carbocycles. The molecule has 27 heavy (non-hydrogen) atoms. The number of aryl methyl sites for hydroxylation is 2. The first-order valence-electron chi connectivity index (χ1n) is 9.67. The fourth-order valence-electron chi connectivity index (χ4n) is 3.38. The van der Waals surface area contributed by atoms with Crippen molar-refractivity contribution in [3.8, 4) is 11.4 Å². The van der Waals surface area contributed by atoms with Crippen LogP contribution in [0.1, 0.15) is 38.4 Å². The summed E-state index contributed by atoms with van der Waals surface area (Å²) in [6.07, 6.45) is 0.594. The zero-order valence-electron chi connectivity index (χ0n) is 17.1. The van der Waals surface area contributed by atoms with Gasteiger partial charge in [0.1, 0.15) is 5.82 Å². The number of piperazine rings is 1. The standard InChI is InChI=1S/C22H30N4O/c1-16-7-6-8-18(13-16)21-23-17(2)14-19(24-21)25-9-11-26(12-10-25)20(27)15-22(3,4)5/h6-8,13-14H,9-12,15H2,1-5H3. The molecule has 1 aliphatic heterocycles. The number of carbonyl (C=O) groups is 1. The van der Waals surface area contributed by atoms with Crippen LogP contribution in [0.2, 0.25) is 0 Å². The van der Waals surface area contributed by atoms with Gasteiger partial charge in [0.25, 0.3) is 0 Å². The number of aromatic nitrogens is 2. The minimum Gasteiger partial charge on any atom is -0.353 e. The summed E-state index contributed by atoms with van der Waals surface area (Å²) in [5.41, 5.74) is 3.23. The van der Waals surface area contributed by atoms with Crippen molar-refractivity contribution in [2.75, 3.05) is 31.1 Å². The van der Waals surface area contributed by atoms with Crippen LogP contribution in [-0.2, 0) is 4.79 Å². The zero-order chi connectivity index (χ0) is 19.6. The highest BCUT2D eigenvalue weighted by Crippen LogP contribution is 2.23. The Labute approximate surface area is 162 Å². The molecule has 1 aromatic heterocycles. The van der Waals surface area contributed by atoms with Gasteiger partial charge in [0.15, 0.2) is 5.82 Å². The molecule has 1 saturated heterocycles. The van der Waals surface area contributed by atoms with E-state index in [2.05, 4.69) is 55.8 Å². The fourth-order valence-corrected chi connectivity index (χ4v) is 3.38. The molecule has 0 atom stereocenters. The molecule has 0 N–H and O–H groups in total. The second-order valence-corrected chi connectivity index (χ2v) is 8.67. The van der Waals surface area contributed by atoms with Crippen LogP contribution in [0.5, 0.6) is 0 Å². The van der Waals surface area contributed by atoms with Gasteiger partial charge in [-0.15, -0.1) is 0 Å². The first kappa shape index (κ1) is 19.3. The van der Waals surface area contributed by atoms with E-state index in [-0.39, 0.29) is 11.3 Å².